The zero-order chi connectivity index (χ0) is 74.5. The lowest BCUT2D eigenvalue weighted by molar-refractivity contribution is 0.277. The highest BCUT2D eigenvalue weighted by atomic mass is 16.5. The Morgan fingerprint density at radius 3 is 0.260 bits per heavy atom. The highest BCUT2D eigenvalue weighted by Crippen LogP contribution is 2.11. The Balaban J connectivity index is -0.000000126. The fourth-order valence-corrected chi connectivity index (χ4v) is 6.48. The van der Waals surface area contributed by atoms with Crippen molar-refractivity contribution in [2.45, 2.75) is 163 Å². The van der Waals surface area contributed by atoms with E-state index in [4.69, 9.17) is 0 Å². The van der Waals surface area contributed by atoms with Crippen LogP contribution < -0.4 is 0 Å². The summed E-state index contributed by atoms with van der Waals surface area (Å²) < 4.78 is 17.0. The van der Waals surface area contributed by atoms with E-state index in [1.54, 1.807) is 56.9 Å². The minimum atomic E-state index is 1.03. The van der Waals surface area contributed by atoms with Gasteiger partial charge in [0.05, 0.1) is 0 Å². The Hall–Kier alpha value is -7.96. The summed E-state index contributed by atoms with van der Waals surface area (Å²) in [6.07, 6.45) is 6.62. The van der Waals surface area contributed by atoms with Crippen molar-refractivity contribution in [2.75, 3.05) is 56.9 Å². The molecule has 0 radical (unpaired) electrons. The fourth-order valence-electron chi connectivity index (χ4n) is 6.48. The second-order valence-corrected chi connectivity index (χ2v) is 17.9. The molecule has 0 saturated carbocycles. The van der Waals surface area contributed by atoms with Gasteiger partial charge >= 0.3 is 0 Å². The van der Waals surface area contributed by atoms with E-state index in [0.717, 1.165) is 25.7 Å². The van der Waals surface area contributed by atoms with Crippen molar-refractivity contribution in [2.24, 2.45) is 0 Å². The number of ether oxygens (including phenoxy) is 4. The predicted molar refractivity (Wildman–Crippen MR) is 439 cm³/mol. The van der Waals surface area contributed by atoms with Gasteiger partial charge in [0.1, 0.15) is 0 Å². The summed E-state index contributed by atoms with van der Waals surface area (Å²) in [6.45, 7) is 36.5. The van der Waals surface area contributed by atoms with Crippen LogP contribution in [0.15, 0.2) is 315 Å². The summed E-state index contributed by atoms with van der Waals surface area (Å²) >= 11 is 0. The van der Waals surface area contributed by atoms with Gasteiger partial charge in [0, 0.05) is 56.9 Å². The lowest BCUT2D eigenvalue weighted by Gasteiger charge is -2.00. The Morgan fingerprint density at radius 2 is 0.198 bits per heavy atom. The summed E-state index contributed by atoms with van der Waals surface area (Å²) in [5.41, 5.74) is 11.0. The van der Waals surface area contributed by atoms with E-state index in [1.807, 2.05) is 170 Å². The molecule has 0 aliphatic heterocycles. The van der Waals surface area contributed by atoms with E-state index >= 15 is 0 Å². The van der Waals surface area contributed by atoms with E-state index < -0.39 is 0 Å². The zero-order valence-electron chi connectivity index (χ0n) is 65.9. The second kappa shape index (κ2) is 106. The maximum absolute atomic E-state index is 4.25. The third-order valence-electron chi connectivity index (χ3n) is 9.71. The van der Waals surface area contributed by atoms with Gasteiger partial charge in [0.2, 0.25) is 0 Å². The molecule has 0 aliphatic rings. The number of methoxy groups -OCH3 is 4. The molecule has 534 valence electrons. The van der Waals surface area contributed by atoms with Gasteiger partial charge in [-0.05, 0) is 70.2 Å². The molecule has 0 fully saturated rings. The molecule has 0 unspecified atom stereocenters. The summed E-state index contributed by atoms with van der Waals surface area (Å²) in [5, 5.41) is 0. The molecule has 0 saturated heterocycles. The molecule has 0 aliphatic carbocycles. The molecule has 4 heteroatoms. The summed E-state index contributed by atoms with van der Waals surface area (Å²) in [7, 11) is 13.0. The van der Waals surface area contributed by atoms with Gasteiger partial charge in [-0.25, -0.2) is 0 Å². The lowest BCUT2D eigenvalue weighted by atomic mass is 10.1. The van der Waals surface area contributed by atoms with Crippen LogP contribution in [0.5, 0.6) is 0 Å². The van der Waals surface area contributed by atoms with Crippen molar-refractivity contribution in [3.63, 3.8) is 0 Å². The molecule has 10 aromatic rings. The van der Waals surface area contributed by atoms with Crippen molar-refractivity contribution in [3.8, 4) is 0 Å². The van der Waals surface area contributed by atoms with Crippen molar-refractivity contribution >= 4 is 0 Å². The van der Waals surface area contributed by atoms with Gasteiger partial charge in [-0.3, -0.25) is 0 Å². The first-order valence-corrected chi connectivity index (χ1v) is 35.2. The molecular formula is C92H142O4. The van der Waals surface area contributed by atoms with Crippen molar-refractivity contribution in [1.82, 2.24) is 0 Å². The Kier molecular flexibility index (Phi) is 118. The molecule has 10 aromatic carbocycles. The molecule has 0 amide bonds. The molecule has 10 rings (SSSR count). The van der Waals surface area contributed by atoms with Crippen LogP contribution in [0.1, 0.15) is 182 Å². The average molecular weight is 1310 g/mol. The normalized spacial score (nSPS) is 7.90. The standard InChI is InChI=1S/4C13H12.2C6H6.2C3H8.4C2H6O.7C2H6/c4*1-3-7-12(8-4-1)11-13-9-5-2-6-10-13;2*1-2-4-6-5-3-1;6*1-3-2;7*1-2/h4*1-10H,11H2;2*1-6H;2*3H2,1-2H3;4*1-2H3;7*1-2H3. The third-order valence-corrected chi connectivity index (χ3v) is 9.71. The average Bonchev–Trinajstić information content (AvgIpc) is 1.82. The highest BCUT2D eigenvalue weighted by Gasteiger charge is 1.96. The fraction of sp³-hybridized carbons (Fsp3) is 0.348. The molecule has 96 heavy (non-hydrogen) atoms. The Morgan fingerprint density at radius 1 is 0.146 bits per heavy atom. The van der Waals surface area contributed by atoms with Crippen LogP contribution in [-0.2, 0) is 44.6 Å². The van der Waals surface area contributed by atoms with Crippen LogP contribution in [0.4, 0.5) is 0 Å². The van der Waals surface area contributed by atoms with Crippen LogP contribution >= 0.6 is 0 Å². The van der Waals surface area contributed by atoms with Gasteiger partial charge in [0.15, 0.2) is 0 Å². The zero-order valence-corrected chi connectivity index (χ0v) is 65.9. The minimum absolute atomic E-state index is 1.03. The molecule has 0 heterocycles. The monoisotopic (exact) mass is 1310 g/mol. The lowest BCUT2D eigenvalue weighted by Crippen LogP contribution is -1.85. The summed E-state index contributed by atoms with van der Waals surface area (Å²) in [5.74, 6) is 0. The van der Waals surface area contributed by atoms with Crippen LogP contribution in [0.3, 0.4) is 0 Å². The van der Waals surface area contributed by atoms with Crippen molar-refractivity contribution in [3.05, 3.63) is 360 Å². The first-order chi connectivity index (χ1) is 47.3. The minimum Gasteiger partial charge on any atom is -0.388 e. The molecule has 0 aromatic heterocycles. The SMILES string of the molecule is CC.CC.CC.CC.CC.CC.CC.CCC.CCC.COC.COC.COC.COC.c1ccc(Cc2ccccc2)cc1.c1ccc(Cc2ccccc2)cc1.c1ccc(Cc2ccccc2)cc1.c1ccc(Cc2ccccc2)cc1.c1ccccc1.c1ccccc1. The van der Waals surface area contributed by atoms with E-state index in [1.165, 1.54) is 57.3 Å². The first kappa shape index (κ1) is 107. The Labute approximate surface area is 595 Å². The molecule has 0 spiro atoms. The van der Waals surface area contributed by atoms with E-state index in [-0.39, 0.29) is 0 Å². The summed E-state index contributed by atoms with van der Waals surface area (Å²) in [6, 6.07) is 108. The maximum Gasteiger partial charge on any atom is 0.0351 e. The smallest absolute Gasteiger partial charge is 0.0351 e. The molecule has 4 nitrogen and oxygen atoms in total. The predicted octanol–water partition coefficient (Wildman–Crippen LogP) is 27.5. The van der Waals surface area contributed by atoms with Crippen molar-refractivity contribution in [1.29, 1.82) is 0 Å². The highest BCUT2D eigenvalue weighted by molar-refractivity contribution is 5.29. The number of hydrogen-bond acceptors (Lipinski definition) is 4. The second-order valence-electron chi connectivity index (χ2n) is 17.9. The molecular weight excluding hydrogens is 1170 g/mol. The van der Waals surface area contributed by atoms with Gasteiger partial charge in [-0.2, -0.15) is 0 Å². The molecule has 0 atom stereocenters. The maximum atomic E-state index is 4.25. The van der Waals surface area contributed by atoms with Crippen LogP contribution in [0.25, 0.3) is 0 Å². The number of benzene rings is 10. The Bertz CT molecular complexity index is 2090. The third kappa shape index (κ3) is 88.1. The topological polar surface area (TPSA) is 36.9 Å². The van der Waals surface area contributed by atoms with Gasteiger partial charge < -0.3 is 18.9 Å². The van der Waals surface area contributed by atoms with Crippen molar-refractivity contribution < 1.29 is 18.9 Å². The number of hydrogen-bond donors (Lipinski definition) is 0. The molecule has 0 N–H and O–H groups in total. The van der Waals surface area contributed by atoms with Crippen LogP contribution in [-0.4, -0.2) is 56.9 Å². The first-order valence-electron chi connectivity index (χ1n) is 35.2. The largest absolute Gasteiger partial charge is 0.388 e. The number of rotatable bonds is 8. The van der Waals surface area contributed by atoms with Gasteiger partial charge in [-0.1, -0.05) is 453 Å². The van der Waals surface area contributed by atoms with Gasteiger partial charge in [-0.15, -0.1) is 0 Å². The molecule has 0 bridgehead atoms. The summed E-state index contributed by atoms with van der Waals surface area (Å²) in [4.78, 5) is 0. The van der Waals surface area contributed by atoms with Gasteiger partial charge in [0.25, 0.3) is 0 Å². The van der Waals surface area contributed by atoms with E-state index in [9.17, 15) is 0 Å². The van der Waals surface area contributed by atoms with E-state index in [0.29, 0.717) is 0 Å². The van der Waals surface area contributed by atoms with Crippen LogP contribution in [0.2, 0.25) is 0 Å². The quantitative estimate of drug-likeness (QED) is 0.152. The van der Waals surface area contributed by atoms with E-state index in [2.05, 4.69) is 289 Å². The van der Waals surface area contributed by atoms with Crippen LogP contribution in [0, 0.1) is 0 Å².